The van der Waals surface area contributed by atoms with Gasteiger partial charge in [-0.3, -0.25) is 14.4 Å². The molecule has 2 amide bonds. The number of hydrogen-bond acceptors (Lipinski definition) is 5. The molecule has 11 heteroatoms. The average molecular weight is 403 g/mol. The van der Waals surface area contributed by atoms with E-state index in [-0.39, 0.29) is 0 Å². The zero-order chi connectivity index (χ0) is 19.2. The molecule has 1 aromatic heterocycles. The average Bonchev–Trinajstić information content (AvgIpc) is 2.92. The maximum Gasteiger partial charge on any atom is 0.416 e. The van der Waals surface area contributed by atoms with Crippen LogP contribution in [0.2, 0.25) is 0 Å². The number of rotatable bonds is 3. The maximum absolute atomic E-state index is 12.8. The molecule has 0 aliphatic carbocycles. The van der Waals surface area contributed by atoms with Gasteiger partial charge in [0.2, 0.25) is 11.8 Å². The summed E-state index contributed by atoms with van der Waals surface area (Å²) in [5, 5.41) is -0.677. The van der Waals surface area contributed by atoms with Gasteiger partial charge in [-0.2, -0.15) is 13.2 Å². The second kappa shape index (κ2) is 6.47. The normalized spacial score (nSPS) is 22.7. The van der Waals surface area contributed by atoms with E-state index >= 15 is 0 Å². The van der Waals surface area contributed by atoms with E-state index in [2.05, 4.69) is 4.98 Å². The summed E-state index contributed by atoms with van der Waals surface area (Å²) in [4.78, 5) is 38.2. The first kappa shape index (κ1) is 18.5. The monoisotopic (exact) mass is 403 g/mol. The predicted molar refractivity (Wildman–Crippen MR) is 89.8 cm³/mol. The molecule has 6 nitrogen and oxygen atoms in total. The minimum absolute atomic E-state index is 0.338. The van der Waals surface area contributed by atoms with Gasteiger partial charge in [-0.15, -0.1) is 0 Å². The van der Waals surface area contributed by atoms with Gasteiger partial charge in [-0.25, -0.2) is 0 Å². The van der Waals surface area contributed by atoms with E-state index in [1.165, 1.54) is 12.1 Å². The third kappa shape index (κ3) is 3.23. The second-order valence-electron chi connectivity index (χ2n) is 5.67. The first-order chi connectivity index (χ1) is 12.1. The molecular formula is C15H12F3N3O3S2. The zero-order valence-corrected chi connectivity index (χ0v) is 14.5. The lowest BCUT2D eigenvalue weighted by Gasteiger charge is -2.33. The van der Waals surface area contributed by atoms with Crippen molar-refractivity contribution in [2.45, 2.75) is 22.4 Å². The molecule has 3 atom stereocenters. The van der Waals surface area contributed by atoms with Crippen LogP contribution in [0.15, 0.2) is 34.1 Å². The molecule has 3 rings (SSSR count). The zero-order valence-electron chi connectivity index (χ0n) is 12.9. The fraction of sp³-hybridized carbons (Fsp3) is 0.267. The molecule has 0 spiro atoms. The summed E-state index contributed by atoms with van der Waals surface area (Å²) in [5.41, 5.74) is 10.3. The number of carbonyl (C=O) groups is 2. The molecular weight excluding hydrogens is 391 g/mol. The molecule has 2 heterocycles. The Morgan fingerprint density at radius 2 is 1.69 bits per heavy atom. The van der Waals surface area contributed by atoms with Crippen LogP contribution in [0, 0.1) is 5.92 Å². The number of primary amides is 2. The number of halogens is 3. The Kier molecular flexibility index (Phi) is 4.61. The lowest BCUT2D eigenvalue weighted by molar-refractivity contribution is -0.137. The van der Waals surface area contributed by atoms with Gasteiger partial charge in [0.25, 0.3) is 0 Å². The van der Waals surface area contributed by atoms with Crippen molar-refractivity contribution in [3.8, 4) is 0 Å². The van der Waals surface area contributed by atoms with Crippen LogP contribution in [-0.4, -0.2) is 22.0 Å². The summed E-state index contributed by atoms with van der Waals surface area (Å²) < 4.78 is 38.4. The second-order valence-corrected chi connectivity index (χ2v) is 7.84. The van der Waals surface area contributed by atoms with Gasteiger partial charge in [0, 0.05) is 10.8 Å². The molecule has 1 aliphatic rings. The number of carbonyl (C=O) groups excluding carboxylic acids is 2. The van der Waals surface area contributed by atoms with Crippen molar-refractivity contribution in [3.05, 3.63) is 49.9 Å². The van der Waals surface area contributed by atoms with Crippen LogP contribution in [0.5, 0.6) is 0 Å². The Labute approximate surface area is 152 Å². The minimum atomic E-state index is -4.51. The highest BCUT2D eigenvalue weighted by atomic mass is 32.2. The Bertz CT molecular complexity index is 921. The van der Waals surface area contributed by atoms with E-state index < -0.39 is 45.5 Å². The molecule has 0 bridgehead atoms. The number of H-pyrrole nitrogens is 1. The molecule has 0 fully saturated rings. The third-order valence-electron chi connectivity index (χ3n) is 4.06. The van der Waals surface area contributed by atoms with Crippen LogP contribution >= 0.6 is 23.1 Å². The van der Waals surface area contributed by atoms with E-state index in [4.69, 9.17) is 11.5 Å². The summed E-state index contributed by atoms with van der Waals surface area (Å²) in [6, 6.07) is 4.18. The fourth-order valence-corrected chi connectivity index (χ4v) is 5.39. The van der Waals surface area contributed by atoms with Gasteiger partial charge >= 0.3 is 11.0 Å². The molecule has 0 saturated carbocycles. The van der Waals surface area contributed by atoms with Crippen LogP contribution < -0.4 is 16.3 Å². The van der Waals surface area contributed by atoms with Gasteiger partial charge in [-0.1, -0.05) is 35.2 Å². The number of hydrogen-bond donors (Lipinski definition) is 3. The Balaban J connectivity index is 2.16. The smallest absolute Gasteiger partial charge is 0.369 e. The number of thioether (sulfide) groups is 1. The molecule has 2 aromatic rings. The molecule has 1 aliphatic heterocycles. The quantitative estimate of drug-likeness (QED) is 0.722. The topological polar surface area (TPSA) is 119 Å². The fourth-order valence-electron chi connectivity index (χ4n) is 2.94. The van der Waals surface area contributed by atoms with Gasteiger partial charge in [0.15, 0.2) is 0 Å². The van der Waals surface area contributed by atoms with E-state index in [0.717, 1.165) is 35.2 Å². The van der Waals surface area contributed by atoms with Crippen molar-refractivity contribution in [3.63, 3.8) is 0 Å². The van der Waals surface area contributed by atoms with E-state index in [1.54, 1.807) is 0 Å². The van der Waals surface area contributed by atoms with Gasteiger partial charge in [-0.05, 0) is 17.7 Å². The van der Waals surface area contributed by atoms with Crippen molar-refractivity contribution < 1.29 is 22.8 Å². The largest absolute Gasteiger partial charge is 0.416 e. The molecule has 0 radical (unpaired) electrons. The first-order valence-corrected chi connectivity index (χ1v) is 8.94. The number of fused-ring (bicyclic) bond motifs is 1. The molecule has 5 N–H and O–H groups in total. The number of thiazole rings is 1. The van der Waals surface area contributed by atoms with E-state index in [1.807, 2.05) is 0 Å². The lowest BCUT2D eigenvalue weighted by Crippen LogP contribution is -2.45. The number of benzene rings is 1. The molecule has 0 unspecified atom stereocenters. The first-order valence-electron chi connectivity index (χ1n) is 7.25. The minimum Gasteiger partial charge on any atom is -0.369 e. The van der Waals surface area contributed by atoms with Crippen molar-refractivity contribution in [1.82, 2.24) is 4.98 Å². The predicted octanol–water partition coefficient (Wildman–Crippen LogP) is 1.65. The maximum atomic E-state index is 12.8. The van der Waals surface area contributed by atoms with Crippen LogP contribution in [0.3, 0.4) is 0 Å². The van der Waals surface area contributed by atoms with Crippen LogP contribution in [0.4, 0.5) is 13.2 Å². The number of aromatic nitrogens is 1. The highest BCUT2D eigenvalue weighted by molar-refractivity contribution is 8.00. The molecule has 0 saturated heterocycles. The van der Waals surface area contributed by atoms with Gasteiger partial charge < -0.3 is 16.5 Å². The Morgan fingerprint density at radius 3 is 2.19 bits per heavy atom. The Hall–Kier alpha value is -2.27. The summed E-state index contributed by atoms with van der Waals surface area (Å²) in [7, 11) is 0. The van der Waals surface area contributed by atoms with E-state index in [0.29, 0.717) is 15.5 Å². The Morgan fingerprint density at radius 1 is 1.08 bits per heavy atom. The number of aromatic amines is 1. The van der Waals surface area contributed by atoms with Gasteiger partial charge in [0.05, 0.1) is 16.5 Å². The number of alkyl halides is 3. The van der Waals surface area contributed by atoms with Crippen molar-refractivity contribution in [1.29, 1.82) is 0 Å². The number of nitrogens with two attached hydrogens (primary N) is 2. The lowest BCUT2D eigenvalue weighted by atomic mass is 9.81. The molecule has 138 valence electrons. The summed E-state index contributed by atoms with van der Waals surface area (Å²) in [6.45, 7) is 0. The number of nitrogens with one attached hydrogen (secondary N) is 1. The van der Waals surface area contributed by atoms with Crippen molar-refractivity contribution >= 4 is 34.9 Å². The SMILES string of the molecule is NC(=O)[C@@H]1[C@@H](c2ccc(C(F)(F)F)cc2)c2sc(=O)[nH]c2S[C@H]1C(N)=O. The third-order valence-corrected chi connectivity index (χ3v) is 6.49. The standard InChI is InChI=1S/C15H12F3N3O3S2/c16-15(17,18)6-3-1-5(2-4-6)7-8(11(19)22)9(12(20)23)25-13-10(7)26-14(24)21-13/h1-4,7-9H,(H2,19,22)(H2,20,23)(H,21,24)/t7-,8-,9-/m1/s1. The number of amides is 2. The highest BCUT2D eigenvalue weighted by Crippen LogP contribution is 2.49. The highest BCUT2D eigenvalue weighted by Gasteiger charge is 2.46. The van der Waals surface area contributed by atoms with E-state index in [9.17, 15) is 27.6 Å². The van der Waals surface area contributed by atoms with Gasteiger partial charge in [0.1, 0.15) is 5.25 Å². The van der Waals surface area contributed by atoms with Crippen molar-refractivity contribution in [2.75, 3.05) is 0 Å². The van der Waals surface area contributed by atoms with Crippen LogP contribution in [0.1, 0.15) is 21.9 Å². The summed E-state index contributed by atoms with van der Waals surface area (Å²) in [5.74, 6) is -3.55. The summed E-state index contributed by atoms with van der Waals surface area (Å²) in [6.07, 6.45) is -4.51. The molecule has 1 aromatic carbocycles. The summed E-state index contributed by atoms with van der Waals surface area (Å²) >= 11 is 1.75. The van der Waals surface area contributed by atoms with Crippen LogP contribution in [-0.2, 0) is 15.8 Å². The van der Waals surface area contributed by atoms with Crippen molar-refractivity contribution in [2.24, 2.45) is 17.4 Å². The van der Waals surface area contributed by atoms with Crippen LogP contribution in [0.25, 0.3) is 0 Å². The molecule has 26 heavy (non-hydrogen) atoms.